The Morgan fingerprint density at radius 2 is 1.86 bits per heavy atom. The number of carbonyl (C=O) groups is 1. The molecule has 1 amide bonds. The minimum absolute atomic E-state index is 0.174. The molecule has 2 aliphatic carbocycles. The first-order valence-corrected chi connectivity index (χ1v) is 8.32. The Balaban J connectivity index is 1.64. The lowest BCUT2D eigenvalue weighted by Crippen LogP contribution is -2.27. The van der Waals surface area contributed by atoms with E-state index in [-0.39, 0.29) is 11.7 Å². The van der Waals surface area contributed by atoms with Crippen LogP contribution in [0.3, 0.4) is 0 Å². The number of halogens is 3. The predicted molar refractivity (Wildman–Crippen MR) is 76.8 cm³/mol. The molecule has 0 radical (unpaired) electrons. The highest BCUT2D eigenvalue weighted by Gasteiger charge is 2.67. The van der Waals surface area contributed by atoms with E-state index in [1.165, 1.54) is 6.92 Å². The lowest BCUT2D eigenvalue weighted by atomic mass is 10.1. The van der Waals surface area contributed by atoms with Crippen molar-refractivity contribution in [2.24, 2.45) is 11.3 Å². The molecule has 3 rings (SSSR count). The Morgan fingerprint density at radius 1 is 1.27 bits per heavy atom. The van der Waals surface area contributed by atoms with Gasteiger partial charge in [-0.1, -0.05) is 6.92 Å². The van der Waals surface area contributed by atoms with E-state index in [4.69, 9.17) is 0 Å². The molecular formula is C15H16F3NO2S. The van der Waals surface area contributed by atoms with E-state index in [1.807, 2.05) is 0 Å². The molecule has 1 N–H and O–H groups in total. The number of rotatable bonds is 4. The van der Waals surface area contributed by atoms with Crippen LogP contribution in [0, 0.1) is 11.3 Å². The highest BCUT2D eigenvalue weighted by molar-refractivity contribution is 7.86. The van der Waals surface area contributed by atoms with Crippen LogP contribution in [0.5, 0.6) is 0 Å². The molecule has 2 aliphatic rings. The van der Waals surface area contributed by atoms with Gasteiger partial charge in [-0.2, -0.15) is 13.2 Å². The van der Waals surface area contributed by atoms with E-state index in [9.17, 15) is 22.2 Å². The quantitative estimate of drug-likeness (QED) is 0.918. The van der Waals surface area contributed by atoms with Crippen molar-refractivity contribution in [3.63, 3.8) is 0 Å². The number of benzene rings is 1. The Morgan fingerprint density at radius 3 is 2.32 bits per heavy atom. The van der Waals surface area contributed by atoms with E-state index in [1.54, 1.807) is 24.3 Å². The molecule has 2 fully saturated rings. The second-order valence-corrected chi connectivity index (χ2v) is 7.92. The molecule has 1 aromatic rings. The average molecular weight is 331 g/mol. The summed E-state index contributed by atoms with van der Waals surface area (Å²) in [7, 11) is -1.03. The number of hydrogen-bond donors (Lipinski definition) is 1. The first kappa shape index (κ1) is 15.5. The zero-order valence-electron chi connectivity index (χ0n) is 11.9. The van der Waals surface area contributed by atoms with Gasteiger partial charge in [-0.15, -0.1) is 0 Å². The van der Waals surface area contributed by atoms with Crippen LogP contribution in [0.1, 0.15) is 26.2 Å². The van der Waals surface area contributed by atoms with Crippen LogP contribution in [-0.2, 0) is 15.6 Å². The number of carbonyl (C=O) groups excluding carboxylic acids is 1. The van der Waals surface area contributed by atoms with Gasteiger partial charge in [0.15, 0.2) is 0 Å². The van der Waals surface area contributed by atoms with Crippen LogP contribution < -0.4 is 5.32 Å². The zero-order chi connectivity index (χ0) is 16.1. The van der Waals surface area contributed by atoms with E-state index < -0.39 is 34.2 Å². The smallest absolute Gasteiger partial charge is 0.326 e. The van der Waals surface area contributed by atoms with Gasteiger partial charge in [0.1, 0.15) is 0 Å². The maximum Gasteiger partial charge on any atom is 0.392 e. The van der Waals surface area contributed by atoms with Gasteiger partial charge >= 0.3 is 6.18 Å². The number of amides is 1. The van der Waals surface area contributed by atoms with Gasteiger partial charge < -0.3 is 5.32 Å². The maximum absolute atomic E-state index is 12.6. The summed E-state index contributed by atoms with van der Waals surface area (Å²) in [5, 5.41) is 2.74. The van der Waals surface area contributed by atoms with Gasteiger partial charge in [0.2, 0.25) is 5.91 Å². The molecule has 7 heteroatoms. The normalized spacial score (nSPS) is 29.0. The molecule has 3 nitrogen and oxygen atoms in total. The van der Waals surface area contributed by atoms with Crippen molar-refractivity contribution in [3.8, 4) is 0 Å². The van der Waals surface area contributed by atoms with Crippen LogP contribution >= 0.6 is 0 Å². The fourth-order valence-corrected chi connectivity index (χ4v) is 3.87. The second kappa shape index (κ2) is 5.08. The van der Waals surface area contributed by atoms with Crippen molar-refractivity contribution in [2.45, 2.75) is 42.5 Å². The molecule has 0 saturated heterocycles. The summed E-state index contributed by atoms with van der Waals surface area (Å²) < 4.78 is 49.9. The first-order chi connectivity index (χ1) is 10.2. The lowest BCUT2D eigenvalue weighted by Gasteiger charge is -2.14. The van der Waals surface area contributed by atoms with Gasteiger partial charge in [-0.25, -0.2) is 0 Å². The predicted octanol–water partition coefficient (Wildman–Crippen LogP) is 3.48. The fourth-order valence-electron chi connectivity index (χ4n) is 2.51. The summed E-state index contributed by atoms with van der Waals surface area (Å²) in [4.78, 5) is 12.7. The number of anilines is 1. The summed E-state index contributed by atoms with van der Waals surface area (Å²) in [6.07, 6.45) is -2.59. The summed E-state index contributed by atoms with van der Waals surface area (Å²) in [6.45, 7) is 1.33. The van der Waals surface area contributed by atoms with Crippen molar-refractivity contribution >= 4 is 22.4 Å². The third kappa shape index (κ3) is 2.91. The fraction of sp³-hybridized carbons (Fsp3) is 0.533. The molecule has 0 bridgehead atoms. The lowest BCUT2D eigenvalue weighted by molar-refractivity contribution is -0.159. The van der Waals surface area contributed by atoms with Gasteiger partial charge in [-0.3, -0.25) is 9.00 Å². The number of nitrogens with one attached hydrogen (secondary N) is 1. The van der Waals surface area contributed by atoms with E-state index in [0.29, 0.717) is 10.6 Å². The molecule has 1 aromatic carbocycles. The topological polar surface area (TPSA) is 46.2 Å². The highest BCUT2D eigenvalue weighted by atomic mass is 32.2. The third-order valence-electron chi connectivity index (χ3n) is 4.32. The Kier molecular flexibility index (Phi) is 3.58. The minimum atomic E-state index is -4.34. The molecule has 0 heterocycles. The van der Waals surface area contributed by atoms with Crippen LogP contribution in [-0.4, -0.2) is 21.5 Å². The van der Waals surface area contributed by atoms with Crippen molar-refractivity contribution in [3.05, 3.63) is 24.3 Å². The van der Waals surface area contributed by atoms with Gasteiger partial charge in [-0.05, 0) is 43.5 Å². The van der Waals surface area contributed by atoms with Crippen LogP contribution in [0.4, 0.5) is 18.9 Å². The Bertz CT molecular complexity index is 625. The molecule has 2 saturated carbocycles. The summed E-state index contributed by atoms with van der Waals surface area (Å²) in [6, 6.07) is 6.48. The van der Waals surface area contributed by atoms with Crippen LogP contribution in [0.2, 0.25) is 0 Å². The Labute approximate surface area is 128 Å². The summed E-state index contributed by atoms with van der Waals surface area (Å²) in [5.41, 5.74) is -0.955. The monoisotopic (exact) mass is 331 g/mol. The molecule has 22 heavy (non-hydrogen) atoms. The zero-order valence-corrected chi connectivity index (χ0v) is 12.8. The van der Waals surface area contributed by atoms with Crippen molar-refractivity contribution in [1.29, 1.82) is 0 Å². The highest BCUT2D eigenvalue weighted by Crippen LogP contribution is 2.60. The van der Waals surface area contributed by atoms with Crippen molar-refractivity contribution < 1.29 is 22.2 Å². The summed E-state index contributed by atoms with van der Waals surface area (Å²) >= 11 is 0. The van der Waals surface area contributed by atoms with Gasteiger partial charge in [0.25, 0.3) is 0 Å². The van der Waals surface area contributed by atoms with Crippen LogP contribution in [0.25, 0.3) is 0 Å². The molecule has 0 aliphatic heterocycles. The maximum atomic E-state index is 12.6. The molecule has 0 aromatic heterocycles. The Hall–Kier alpha value is -1.37. The van der Waals surface area contributed by atoms with E-state index in [2.05, 4.69) is 5.32 Å². The van der Waals surface area contributed by atoms with Crippen LogP contribution in [0.15, 0.2) is 29.2 Å². The standard InChI is InChI=1S/C15H16F3NO2S/c1-14(8-12(14)15(16,17)18)13(20)19-9-2-4-10(5-3-9)22(21)11-6-7-11/h2-5,11-12H,6-8H2,1H3,(H,19,20). The minimum Gasteiger partial charge on any atom is -0.326 e. The van der Waals surface area contributed by atoms with E-state index in [0.717, 1.165) is 12.8 Å². The van der Waals surface area contributed by atoms with Crippen molar-refractivity contribution in [1.82, 2.24) is 0 Å². The third-order valence-corrected chi connectivity index (χ3v) is 6.14. The SMILES string of the molecule is CC1(C(=O)Nc2ccc(S(=O)C3CC3)cc2)CC1C(F)(F)F. The molecule has 3 unspecified atom stereocenters. The van der Waals surface area contributed by atoms with Gasteiger partial charge in [0, 0.05) is 15.8 Å². The van der Waals surface area contributed by atoms with Gasteiger partial charge in [0.05, 0.1) is 22.1 Å². The molecule has 120 valence electrons. The van der Waals surface area contributed by atoms with Crippen molar-refractivity contribution in [2.75, 3.05) is 5.32 Å². The molecule has 0 spiro atoms. The van der Waals surface area contributed by atoms with E-state index >= 15 is 0 Å². The molecule has 3 atom stereocenters. The largest absolute Gasteiger partial charge is 0.392 e. The number of alkyl halides is 3. The number of hydrogen-bond acceptors (Lipinski definition) is 2. The average Bonchev–Trinajstić information content (AvgIpc) is 3.32. The summed E-state index contributed by atoms with van der Waals surface area (Å²) in [5.74, 6) is -2.19. The molecular weight excluding hydrogens is 315 g/mol. The second-order valence-electron chi connectivity index (χ2n) is 6.19. The first-order valence-electron chi connectivity index (χ1n) is 7.10.